The molecule has 2 rings (SSSR count). The molecule has 0 saturated heterocycles. The van der Waals surface area contributed by atoms with Crippen LogP contribution in [0.5, 0.6) is 0 Å². The lowest BCUT2D eigenvalue weighted by molar-refractivity contribution is -0.139. The Morgan fingerprint density at radius 2 is 1.74 bits per heavy atom. The monoisotopic (exact) mass is 415 g/mol. The molecule has 2 aromatic carbocycles. The number of amides is 1. The summed E-state index contributed by atoms with van der Waals surface area (Å²) in [5.74, 6) is -1.65. The molecule has 0 heterocycles. The second kappa shape index (κ2) is 7.81. The van der Waals surface area contributed by atoms with E-state index in [4.69, 9.17) is 23.2 Å². The lowest BCUT2D eigenvalue weighted by Crippen LogP contribution is -2.42. The molecule has 1 atom stereocenters. The number of hydrogen-bond donors (Lipinski definition) is 2. The zero-order chi connectivity index (χ0) is 17.0. The van der Waals surface area contributed by atoms with Crippen LogP contribution < -0.4 is 5.32 Å². The number of rotatable bonds is 5. The first-order valence-electron chi connectivity index (χ1n) is 6.60. The molecule has 23 heavy (non-hydrogen) atoms. The van der Waals surface area contributed by atoms with Gasteiger partial charge in [-0.15, -0.1) is 0 Å². The molecule has 120 valence electrons. The van der Waals surface area contributed by atoms with Crippen LogP contribution >= 0.6 is 39.1 Å². The molecule has 2 aromatic rings. The van der Waals surface area contributed by atoms with E-state index in [0.717, 1.165) is 4.47 Å². The number of benzene rings is 2. The summed E-state index contributed by atoms with van der Waals surface area (Å²) >= 11 is 15.4. The van der Waals surface area contributed by atoms with Crippen LogP contribution in [0.3, 0.4) is 0 Å². The second-order valence-electron chi connectivity index (χ2n) is 4.78. The van der Waals surface area contributed by atoms with Gasteiger partial charge < -0.3 is 10.4 Å². The summed E-state index contributed by atoms with van der Waals surface area (Å²) < 4.78 is 0.728. The Morgan fingerprint density at radius 1 is 1.13 bits per heavy atom. The van der Waals surface area contributed by atoms with E-state index in [1.807, 2.05) is 0 Å². The standard InChI is InChI=1S/C16H12BrCl2NO3/c17-10-4-1-3-9(7-10)15(21)20-14(16(22)23)8-11-12(18)5-2-6-13(11)19/h1-7,14H,8H2,(H,20,21)(H,22,23)/t14-/m0/s1. The Balaban J connectivity index is 2.19. The zero-order valence-corrected chi connectivity index (χ0v) is 14.8. The van der Waals surface area contributed by atoms with E-state index in [1.54, 1.807) is 42.5 Å². The van der Waals surface area contributed by atoms with E-state index in [1.165, 1.54) is 0 Å². The highest BCUT2D eigenvalue weighted by Gasteiger charge is 2.23. The third-order valence-corrected chi connectivity index (χ3v) is 4.36. The van der Waals surface area contributed by atoms with Crippen molar-refractivity contribution >= 4 is 51.0 Å². The maximum absolute atomic E-state index is 12.2. The molecule has 0 aliphatic carbocycles. The fraction of sp³-hybridized carbons (Fsp3) is 0.125. The van der Waals surface area contributed by atoms with Gasteiger partial charge in [-0.2, -0.15) is 0 Å². The third kappa shape index (κ3) is 4.70. The summed E-state index contributed by atoms with van der Waals surface area (Å²) in [5.41, 5.74) is 0.841. The summed E-state index contributed by atoms with van der Waals surface area (Å²) in [6, 6.07) is 10.4. The minimum Gasteiger partial charge on any atom is -0.480 e. The summed E-state index contributed by atoms with van der Waals surface area (Å²) in [5, 5.41) is 12.6. The minimum atomic E-state index is -1.16. The number of halogens is 3. The summed E-state index contributed by atoms with van der Waals surface area (Å²) in [6.07, 6.45) is -0.00637. The smallest absolute Gasteiger partial charge is 0.326 e. The van der Waals surface area contributed by atoms with Gasteiger partial charge in [0.2, 0.25) is 0 Å². The lowest BCUT2D eigenvalue weighted by Gasteiger charge is -2.16. The van der Waals surface area contributed by atoms with Crippen molar-refractivity contribution in [1.82, 2.24) is 5.32 Å². The van der Waals surface area contributed by atoms with Crippen molar-refractivity contribution in [3.05, 3.63) is 68.1 Å². The molecule has 2 N–H and O–H groups in total. The predicted octanol–water partition coefficient (Wildman–Crippen LogP) is 4.18. The normalized spacial score (nSPS) is 11.8. The minimum absolute atomic E-state index is 0.00637. The highest BCUT2D eigenvalue weighted by Crippen LogP contribution is 2.25. The van der Waals surface area contributed by atoms with Gasteiger partial charge in [0, 0.05) is 26.5 Å². The van der Waals surface area contributed by atoms with Crippen LogP contribution in [0.4, 0.5) is 0 Å². The molecule has 0 bridgehead atoms. The van der Waals surface area contributed by atoms with Crippen LogP contribution in [0, 0.1) is 0 Å². The van der Waals surface area contributed by atoms with Gasteiger partial charge in [0.1, 0.15) is 6.04 Å². The molecular weight excluding hydrogens is 405 g/mol. The molecule has 7 heteroatoms. The average Bonchev–Trinajstić information content (AvgIpc) is 2.49. The van der Waals surface area contributed by atoms with Crippen LogP contribution in [0.2, 0.25) is 10.0 Å². The van der Waals surface area contributed by atoms with Crippen molar-refractivity contribution in [2.75, 3.05) is 0 Å². The number of aliphatic carboxylic acids is 1. The van der Waals surface area contributed by atoms with Crippen molar-refractivity contribution in [2.24, 2.45) is 0 Å². The Bertz CT molecular complexity index is 732. The third-order valence-electron chi connectivity index (χ3n) is 3.16. The second-order valence-corrected chi connectivity index (χ2v) is 6.51. The van der Waals surface area contributed by atoms with Gasteiger partial charge in [-0.05, 0) is 35.9 Å². The fourth-order valence-electron chi connectivity index (χ4n) is 2.00. The molecule has 0 saturated carbocycles. The van der Waals surface area contributed by atoms with E-state index < -0.39 is 17.9 Å². The van der Waals surface area contributed by atoms with Gasteiger partial charge in [-0.25, -0.2) is 4.79 Å². The van der Waals surface area contributed by atoms with Crippen LogP contribution in [0.1, 0.15) is 15.9 Å². The van der Waals surface area contributed by atoms with Crippen molar-refractivity contribution < 1.29 is 14.7 Å². The van der Waals surface area contributed by atoms with E-state index in [-0.39, 0.29) is 6.42 Å². The highest BCUT2D eigenvalue weighted by molar-refractivity contribution is 9.10. The maximum Gasteiger partial charge on any atom is 0.326 e. The van der Waals surface area contributed by atoms with Crippen molar-refractivity contribution in [2.45, 2.75) is 12.5 Å². The van der Waals surface area contributed by atoms with Gasteiger partial charge in [-0.1, -0.05) is 51.3 Å². The summed E-state index contributed by atoms with van der Waals surface area (Å²) in [4.78, 5) is 23.7. The fourth-order valence-corrected chi connectivity index (χ4v) is 2.95. The number of carboxylic acids is 1. The maximum atomic E-state index is 12.2. The quantitative estimate of drug-likeness (QED) is 0.768. The first kappa shape index (κ1) is 17.8. The molecule has 0 unspecified atom stereocenters. The first-order chi connectivity index (χ1) is 10.9. The molecule has 0 aromatic heterocycles. The largest absolute Gasteiger partial charge is 0.480 e. The van der Waals surface area contributed by atoms with Crippen molar-refractivity contribution in [1.29, 1.82) is 0 Å². The van der Waals surface area contributed by atoms with E-state index in [0.29, 0.717) is 21.2 Å². The first-order valence-corrected chi connectivity index (χ1v) is 8.15. The van der Waals surface area contributed by atoms with E-state index in [9.17, 15) is 14.7 Å². The van der Waals surface area contributed by atoms with E-state index in [2.05, 4.69) is 21.2 Å². The van der Waals surface area contributed by atoms with Crippen LogP contribution in [-0.2, 0) is 11.2 Å². The topological polar surface area (TPSA) is 66.4 Å². The molecule has 0 radical (unpaired) electrons. The Morgan fingerprint density at radius 3 is 2.30 bits per heavy atom. The Labute approximate surface area is 151 Å². The molecule has 0 spiro atoms. The number of carbonyl (C=O) groups is 2. The van der Waals surface area contributed by atoms with Crippen molar-refractivity contribution in [3.8, 4) is 0 Å². The van der Waals surface area contributed by atoms with Crippen LogP contribution in [0.15, 0.2) is 46.9 Å². The van der Waals surface area contributed by atoms with E-state index >= 15 is 0 Å². The van der Waals surface area contributed by atoms with Crippen LogP contribution in [0.25, 0.3) is 0 Å². The molecular formula is C16H12BrCl2NO3. The van der Waals surface area contributed by atoms with Gasteiger partial charge in [0.15, 0.2) is 0 Å². The number of carbonyl (C=O) groups excluding carboxylic acids is 1. The summed E-state index contributed by atoms with van der Waals surface area (Å²) in [6.45, 7) is 0. The van der Waals surface area contributed by atoms with Crippen LogP contribution in [-0.4, -0.2) is 23.0 Å². The average molecular weight is 417 g/mol. The van der Waals surface area contributed by atoms with Gasteiger partial charge >= 0.3 is 5.97 Å². The molecule has 1 amide bonds. The zero-order valence-electron chi connectivity index (χ0n) is 11.7. The number of carboxylic acid groups (broad SMARTS) is 1. The molecule has 4 nitrogen and oxygen atoms in total. The SMILES string of the molecule is O=C(N[C@@H](Cc1c(Cl)cccc1Cl)C(=O)O)c1cccc(Br)c1. The molecule has 0 aliphatic rings. The lowest BCUT2D eigenvalue weighted by atomic mass is 10.1. The molecule has 0 fully saturated rings. The summed E-state index contributed by atoms with van der Waals surface area (Å²) in [7, 11) is 0. The van der Waals surface area contributed by atoms with Gasteiger partial charge in [0.05, 0.1) is 0 Å². The van der Waals surface area contributed by atoms with Gasteiger partial charge in [0.25, 0.3) is 5.91 Å². The van der Waals surface area contributed by atoms with Crippen molar-refractivity contribution in [3.63, 3.8) is 0 Å². The Kier molecular flexibility index (Phi) is 6.04. The number of hydrogen-bond acceptors (Lipinski definition) is 2. The number of nitrogens with one attached hydrogen (secondary N) is 1. The predicted molar refractivity (Wildman–Crippen MR) is 93.2 cm³/mol. The highest BCUT2D eigenvalue weighted by atomic mass is 79.9. The van der Waals surface area contributed by atoms with Gasteiger partial charge in [-0.3, -0.25) is 4.79 Å². The molecule has 0 aliphatic heterocycles. The Hall–Kier alpha value is -1.56.